The van der Waals surface area contributed by atoms with Gasteiger partial charge in [-0.2, -0.15) is 0 Å². The van der Waals surface area contributed by atoms with E-state index in [2.05, 4.69) is 12.2 Å². The first-order valence-electron chi connectivity index (χ1n) is 6.66. The Hall–Kier alpha value is -1.26. The van der Waals surface area contributed by atoms with Gasteiger partial charge in [-0.05, 0) is 27.2 Å². The fourth-order valence-electron chi connectivity index (χ4n) is 1.75. The van der Waals surface area contributed by atoms with Crippen molar-refractivity contribution >= 4 is 12.0 Å². The van der Waals surface area contributed by atoms with Crippen LogP contribution >= 0.6 is 0 Å². The van der Waals surface area contributed by atoms with Gasteiger partial charge in [0.2, 0.25) is 0 Å². The Bertz CT molecular complexity index is 277. The number of carboxylic acids is 1. The Kier molecular flexibility index (Phi) is 7.39. The third-order valence-corrected chi connectivity index (χ3v) is 3.07. The first kappa shape index (κ1) is 16.7. The van der Waals surface area contributed by atoms with Crippen molar-refractivity contribution in [2.24, 2.45) is 0 Å². The van der Waals surface area contributed by atoms with Crippen LogP contribution in [0.15, 0.2) is 0 Å². The van der Waals surface area contributed by atoms with Crippen LogP contribution < -0.4 is 5.32 Å². The maximum atomic E-state index is 11.9. The van der Waals surface area contributed by atoms with Gasteiger partial charge in [0.05, 0.1) is 0 Å². The molecule has 0 saturated heterocycles. The summed E-state index contributed by atoms with van der Waals surface area (Å²) in [6.45, 7) is 7.96. The largest absolute Gasteiger partial charge is 0.480 e. The van der Waals surface area contributed by atoms with E-state index in [0.717, 1.165) is 25.7 Å². The maximum absolute atomic E-state index is 11.9. The van der Waals surface area contributed by atoms with Gasteiger partial charge in [-0.1, -0.05) is 26.2 Å². The lowest BCUT2D eigenvalue weighted by atomic mass is 10.0. The van der Waals surface area contributed by atoms with Gasteiger partial charge in [-0.25, -0.2) is 9.59 Å². The number of amides is 2. The molecule has 0 aliphatic rings. The molecule has 0 heterocycles. The van der Waals surface area contributed by atoms with E-state index in [4.69, 9.17) is 5.11 Å². The number of hydrogen-bond acceptors (Lipinski definition) is 2. The SMILES string of the molecule is CCCCCCNC(=O)N(CC)C(C)(C)C(=O)O. The monoisotopic (exact) mass is 258 g/mol. The van der Waals surface area contributed by atoms with Crippen molar-refractivity contribution in [1.29, 1.82) is 0 Å². The molecule has 0 aromatic rings. The molecular weight excluding hydrogens is 232 g/mol. The second-order valence-corrected chi connectivity index (χ2v) is 4.90. The summed E-state index contributed by atoms with van der Waals surface area (Å²) < 4.78 is 0. The number of carboxylic acid groups (broad SMARTS) is 1. The lowest BCUT2D eigenvalue weighted by Gasteiger charge is -2.34. The van der Waals surface area contributed by atoms with Gasteiger partial charge >= 0.3 is 12.0 Å². The number of likely N-dealkylation sites (N-methyl/N-ethyl adjacent to an activating group) is 1. The molecule has 0 fully saturated rings. The Morgan fingerprint density at radius 3 is 2.22 bits per heavy atom. The highest BCUT2D eigenvalue weighted by atomic mass is 16.4. The van der Waals surface area contributed by atoms with Crippen LogP contribution in [0.2, 0.25) is 0 Å². The molecular formula is C13H26N2O3. The van der Waals surface area contributed by atoms with E-state index in [1.54, 1.807) is 6.92 Å². The van der Waals surface area contributed by atoms with Crippen molar-refractivity contribution in [1.82, 2.24) is 10.2 Å². The molecule has 0 aliphatic carbocycles. The standard InChI is InChI=1S/C13H26N2O3/c1-5-7-8-9-10-14-12(18)15(6-2)13(3,4)11(16)17/h5-10H2,1-4H3,(H,14,18)(H,16,17). The fourth-order valence-corrected chi connectivity index (χ4v) is 1.75. The lowest BCUT2D eigenvalue weighted by Crippen LogP contribution is -2.56. The van der Waals surface area contributed by atoms with E-state index in [-0.39, 0.29) is 6.03 Å². The lowest BCUT2D eigenvalue weighted by molar-refractivity contribution is -0.147. The van der Waals surface area contributed by atoms with Gasteiger partial charge in [0.15, 0.2) is 0 Å². The summed E-state index contributed by atoms with van der Waals surface area (Å²) in [4.78, 5) is 24.4. The zero-order valence-corrected chi connectivity index (χ0v) is 12.0. The number of nitrogens with zero attached hydrogens (tertiary/aromatic N) is 1. The summed E-state index contributed by atoms with van der Waals surface area (Å²) in [6.07, 6.45) is 4.34. The van der Waals surface area contributed by atoms with Crippen molar-refractivity contribution in [2.45, 2.75) is 58.9 Å². The molecule has 5 nitrogen and oxygen atoms in total. The predicted molar refractivity (Wildman–Crippen MR) is 71.6 cm³/mol. The minimum absolute atomic E-state index is 0.304. The van der Waals surface area contributed by atoms with E-state index >= 15 is 0 Å². The average Bonchev–Trinajstić information content (AvgIpc) is 2.29. The van der Waals surface area contributed by atoms with Crippen LogP contribution in [0.3, 0.4) is 0 Å². The van der Waals surface area contributed by atoms with Crippen molar-refractivity contribution in [3.8, 4) is 0 Å². The third kappa shape index (κ3) is 4.94. The van der Waals surface area contributed by atoms with Crippen LogP contribution in [0.5, 0.6) is 0 Å². The summed E-state index contributed by atoms with van der Waals surface area (Å²) in [5, 5.41) is 11.9. The number of carbonyl (C=O) groups is 2. The van der Waals surface area contributed by atoms with E-state index in [1.807, 2.05) is 0 Å². The molecule has 0 rings (SSSR count). The third-order valence-electron chi connectivity index (χ3n) is 3.07. The number of carbonyl (C=O) groups excluding carboxylic acids is 1. The molecule has 5 heteroatoms. The summed E-state index contributed by atoms with van der Waals surface area (Å²) >= 11 is 0. The topological polar surface area (TPSA) is 69.6 Å². The first-order chi connectivity index (χ1) is 8.37. The second kappa shape index (κ2) is 7.95. The van der Waals surface area contributed by atoms with Gasteiger partial charge < -0.3 is 15.3 Å². The molecule has 2 amide bonds. The molecule has 0 atom stereocenters. The Balaban J connectivity index is 4.24. The van der Waals surface area contributed by atoms with E-state index in [0.29, 0.717) is 13.1 Å². The van der Waals surface area contributed by atoms with Gasteiger partial charge in [-0.15, -0.1) is 0 Å². The van der Waals surface area contributed by atoms with Crippen LogP contribution in [-0.4, -0.2) is 40.6 Å². The fraction of sp³-hybridized carbons (Fsp3) is 0.846. The van der Waals surface area contributed by atoms with Crippen molar-refractivity contribution in [2.75, 3.05) is 13.1 Å². The highest BCUT2D eigenvalue weighted by Crippen LogP contribution is 2.14. The van der Waals surface area contributed by atoms with Crippen LogP contribution in [-0.2, 0) is 4.79 Å². The molecule has 0 radical (unpaired) electrons. The Morgan fingerprint density at radius 1 is 1.17 bits per heavy atom. The van der Waals surface area contributed by atoms with Crippen molar-refractivity contribution in [3.05, 3.63) is 0 Å². The predicted octanol–water partition coefficient (Wildman–Crippen LogP) is 2.46. The van der Waals surface area contributed by atoms with E-state index in [9.17, 15) is 9.59 Å². The molecule has 0 aliphatic heterocycles. The summed E-state index contributed by atoms with van der Waals surface area (Å²) in [5.41, 5.74) is -1.18. The van der Waals surface area contributed by atoms with Gasteiger partial charge in [0, 0.05) is 13.1 Å². The number of aliphatic carboxylic acids is 1. The molecule has 0 unspecified atom stereocenters. The number of unbranched alkanes of at least 4 members (excludes halogenated alkanes) is 3. The molecule has 2 N–H and O–H groups in total. The Morgan fingerprint density at radius 2 is 1.78 bits per heavy atom. The molecule has 0 aromatic carbocycles. The van der Waals surface area contributed by atoms with Gasteiger partial charge in [0.1, 0.15) is 5.54 Å². The minimum atomic E-state index is -1.18. The zero-order valence-electron chi connectivity index (χ0n) is 12.0. The number of rotatable bonds is 8. The van der Waals surface area contributed by atoms with Gasteiger partial charge in [-0.3, -0.25) is 0 Å². The zero-order chi connectivity index (χ0) is 14.2. The van der Waals surface area contributed by atoms with E-state index in [1.165, 1.54) is 18.7 Å². The number of nitrogens with one attached hydrogen (secondary N) is 1. The molecule has 0 aromatic heterocycles. The summed E-state index contributed by atoms with van der Waals surface area (Å²) in [6, 6.07) is -0.304. The smallest absolute Gasteiger partial charge is 0.329 e. The van der Waals surface area contributed by atoms with Crippen molar-refractivity contribution < 1.29 is 14.7 Å². The molecule has 0 saturated carbocycles. The highest BCUT2D eigenvalue weighted by Gasteiger charge is 2.36. The maximum Gasteiger partial charge on any atom is 0.329 e. The molecule has 106 valence electrons. The first-order valence-corrected chi connectivity index (χ1v) is 6.66. The highest BCUT2D eigenvalue weighted by molar-refractivity contribution is 5.85. The molecule has 18 heavy (non-hydrogen) atoms. The van der Waals surface area contributed by atoms with E-state index < -0.39 is 11.5 Å². The molecule has 0 spiro atoms. The minimum Gasteiger partial charge on any atom is -0.480 e. The average molecular weight is 258 g/mol. The number of hydrogen-bond donors (Lipinski definition) is 2. The Labute approximate surface area is 110 Å². The normalized spacial score (nSPS) is 11.1. The van der Waals surface area contributed by atoms with Crippen LogP contribution in [0, 0.1) is 0 Å². The summed E-state index contributed by atoms with van der Waals surface area (Å²) in [5.74, 6) is -0.995. The molecule has 0 bridgehead atoms. The van der Waals surface area contributed by atoms with Crippen LogP contribution in [0.1, 0.15) is 53.4 Å². The summed E-state index contributed by atoms with van der Waals surface area (Å²) in [7, 11) is 0. The van der Waals surface area contributed by atoms with Crippen LogP contribution in [0.25, 0.3) is 0 Å². The van der Waals surface area contributed by atoms with Gasteiger partial charge in [0.25, 0.3) is 0 Å². The quantitative estimate of drug-likeness (QED) is 0.657. The number of urea groups is 1. The van der Waals surface area contributed by atoms with Crippen LogP contribution in [0.4, 0.5) is 4.79 Å². The van der Waals surface area contributed by atoms with Crippen molar-refractivity contribution in [3.63, 3.8) is 0 Å². The second-order valence-electron chi connectivity index (χ2n) is 4.90.